The van der Waals surface area contributed by atoms with E-state index in [2.05, 4.69) is 18.8 Å². The predicted octanol–water partition coefficient (Wildman–Crippen LogP) is 3.55. The van der Waals surface area contributed by atoms with Gasteiger partial charge in [0.05, 0.1) is 30.3 Å². The number of benzene rings is 1. The Morgan fingerprint density at radius 2 is 2.17 bits per heavy atom. The molecule has 1 fully saturated rings. The zero-order valence-electron chi connectivity index (χ0n) is 13.9. The van der Waals surface area contributed by atoms with Crippen molar-refractivity contribution in [3.63, 3.8) is 0 Å². The van der Waals surface area contributed by atoms with Gasteiger partial charge < -0.3 is 9.64 Å². The fourth-order valence-corrected chi connectivity index (χ4v) is 3.53. The Hall–Kier alpha value is -1.79. The van der Waals surface area contributed by atoms with Crippen molar-refractivity contribution in [2.75, 3.05) is 19.7 Å². The summed E-state index contributed by atoms with van der Waals surface area (Å²) in [5, 5.41) is 3.02. The second kappa shape index (κ2) is 7.40. The van der Waals surface area contributed by atoms with E-state index < -0.39 is 0 Å². The zero-order chi connectivity index (χ0) is 17.1. The zero-order valence-corrected chi connectivity index (χ0v) is 14.7. The molecule has 0 spiro atoms. The summed E-state index contributed by atoms with van der Waals surface area (Å²) >= 11 is 1.60. The molecule has 2 heterocycles. The fraction of sp³-hybridized carbons (Fsp3) is 0.444. The molecule has 6 heteroatoms. The van der Waals surface area contributed by atoms with E-state index in [-0.39, 0.29) is 17.8 Å². The quantitative estimate of drug-likeness (QED) is 0.849. The number of halogens is 1. The molecular weight excluding hydrogens is 327 g/mol. The van der Waals surface area contributed by atoms with Gasteiger partial charge in [0.2, 0.25) is 5.91 Å². The number of hydrogen-bond acceptors (Lipinski definition) is 4. The molecule has 0 bridgehead atoms. The number of rotatable bonds is 4. The van der Waals surface area contributed by atoms with Gasteiger partial charge in [-0.2, -0.15) is 0 Å². The molecule has 0 radical (unpaired) electrons. The fourth-order valence-electron chi connectivity index (χ4n) is 2.69. The van der Waals surface area contributed by atoms with Crippen molar-refractivity contribution in [1.82, 2.24) is 9.88 Å². The maximum Gasteiger partial charge on any atom is 0.228 e. The third kappa shape index (κ3) is 3.99. The number of aromatic nitrogens is 1. The van der Waals surface area contributed by atoms with E-state index in [9.17, 15) is 9.18 Å². The van der Waals surface area contributed by atoms with Crippen LogP contribution in [0.3, 0.4) is 0 Å². The number of morpholine rings is 1. The van der Waals surface area contributed by atoms with E-state index in [1.807, 2.05) is 10.3 Å². The van der Waals surface area contributed by atoms with Crippen LogP contribution in [0.15, 0.2) is 29.6 Å². The van der Waals surface area contributed by atoms with Gasteiger partial charge in [0.25, 0.3) is 0 Å². The third-order valence-electron chi connectivity index (χ3n) is 4.06. The molecule has 1 aromatic heterocycles. The molecule has 1 amide bonds. The van der Waals surface area contributed by atoms with Crippen molar-refractivity contribution in [3.8, 4) is 0 Å². The molecular formula is C18H21FN2O2S. The van der Waals surface area contributed by atoms with Crippen LogP contribution in [0.4, 0.5) is 4.39 Å². The van der Waals surface area contributed by atoms with Crippen molar-refractivity contribution in [3.05, 3.63) is 51.7 Å². The van der Waals surface area contributed by atoms with Gasteiger partial charge >= 0.3 is 0 Å². The van der Waals surface area contributed by atoms with E-state index in [1.54, 1.807) is 23.5 Å². The van der Waals surface area contributed by atoms with Crippen LogP contribution in [-0.2, 0) is 16.0 Å². The summed E-state index contributed by atoms with van der Waals surface area (Å²) in [6.07, 6.45) is 0.115. The smallest absolute Gasteiger partial charge is 0.228 e. The second-order valence-corrected chi connectivity index (χ2v) is 7.15. The van der Waals surface area contributed by atoms with Crippen molar-refractivity contribution in [1.29, 1.82) is 0 Å². The molecule has 2 aromatic rings. The Balaban J connectivity index is 1.63. The lowest BCUT2D eigenvalue weighted by Gasteiger charge is -2.33. The Morgan fingerprint density at radius 3 is 2.83 bits per heavy atom. The van der Waals surface area contributed by atoms with E-state index in [4.69, 9.17) is 4.74 Å². The van der Waals surface area contributed by atoms with Crippen molar-refractivity contribution < 1.29 is 13.9 Å². The van der Waals surface area contributed by atoms with Crippen LogP contribution in [0.1, 0.15) is 42.1 Å². The van der Waals surface area contributed by atoms with Gasteiger partial charge in [-0.1, -0.05) is 26.0 Å². The van der Waals surface area contributed by atoms with Crippen LogP contribution in [0.2, 0.25) is 0 Å². The Morgan fingerprint density at radius 1 is 1.42 bits per heavy atom. The highest BCUT2D eigenvalue weighted by Gasteiger charge is 2.26. The topological polar surface area (TPSA) is 42.4 Å². The number of hydrogen-bond donors (Lipinski definition) is 0. The number of carbonyl (C=O) groups excluding carboxylic acids is 1. The van der Waals surface area contributed by atoms with Gasteiger partial charge in [-0.15, -0.1) is 11.3 Å². The summed E-state index contributed by atoms with van der Waals surface area (Å²) in [5.74, 6) is 0.170. The number of ether oxygens (including phenoxy) is 1. The van der Waals surface area contributed by atoms with E-state index >= 15 is 0 Å². The molecule has 128 valence electrons. The number of thiazole rings is 1. The summed E-state index contributed by atoms with van der Waals surface area (Å²) in [6, 6.07) is 6.26. The monoisotopic (exact) mass is 348 g/mol. The molecule has 1 aromatic carbocycles. The maximum atomic E-state index is 13.0. The highest BCUT2D eigenvalue weighted by atomic mass is 32.1. The standard InChI is InChI=1S/C18H21FN2O2S/c1-12(2)18-20-15(11-24-18)9-17(22)21-7-8-23-16(10-21)13-3-5-14(19)6-4-13/h3-6,11-12,16H,7-10H2,1-2H3/t16-/m1/s1. The van der Waals surface area contributed by atoms with Gasteiger partial charge in [-0.05, 0) is 17.7 Å². The summed E-state index contributed by atoms with van der Waals surface area (Å²) in [5.41, 5.74) is 1.73. The molecule has 1 saturated heterocycles. The first-order valence-corrected chi connectivity index (χ1v) is 9.00. The normalized spacial score (nSPS) is 18.2. The van der Waals surface area contributed by atoms with Crippen LogP contribution in [0.25, 0.3) is 0 Å². The summed E-state index contributed by atoms with van der Waals surface area (Å²) in [6.45, 7) is 5.75. The highest BCUT2D eigenvalue weighted by Crippen LogP contribution is 2.24. The molecule has 0 unspecified atom stereocenters. The number of carbonyl (C=O) groups is 1. The maximum absolute atomic E-state index is 13.0. The van der Waals surface area contributed by atoms with Crippen molar-refractivity contribution in [2.45, 2.75) is 32.3 Å². The largest absolute Gasteiger partial charge is 0.370 e. The predicted molar refractivity (Wildman–Crippen MR) is 91.6 cm³/mol. The second-order valence-electron chi connectivity index (χ2n) is 6.26. The molecule has 0 aliphatic carbocycles. The average Bonchev–Trinajstić information content (AvgIpc) is 3.04. The lowest BCUT2D eigenvalue weighted by molar-refractivity contribution is -0.138. The van der Waals surface area contributed by atoms with Gasteiger partial charge in [-0.3, -0.25) is 4.79 Å². The lowest BCUT2D eigenvalue weighted by Crippen LogP contribution is -2.43. The number of nitrogens with zero attached hydrogens (tertiary/aromatic N) is 2. The third-order valence-corrected chi connectivity index (χ3v) is 5.25. The van der Waals surface area contributed by atoms with Crippen LogP contribution in [0, 0.1) is 5.82 Å². The van der Waals surface area contributed by atoms with Crippen molar-refractivity contribution in [2.24, 2.45) is 0 Å². The Bertz CT molecular complexity index is 699. The molecule has 24 heavy (non-hydrogen) atoms. The highest BCUT2D eigenvalue weighted by molar-refractivity contribution is 7.09. The van der Waals surface area contributed by atoms with Crippen LogP contribution < -0.4 is 0 Å². The summed E-state index contributed by atoms with van der Waals surface area (Å²) in [4.78, 5) is 18.9. The van der Waals surface area contributed by atoms with Gasteiger partial charge in [0.1, 0.15) is 11.9 Å². The van der Waals surface area contributed by atoms with Gasteiger partial charge in [0, 0.05) is 17.8 Å². The number of amides is 1. The van der Waals surface area contributed by atoms with E-state index in [0.717, 1.165) is 16.3 Å². The first kappa shape index (κ1) is 17.0. The Labute approximate surface area is 145 Å². The molecule has 4 nitrogen and oxygen atoms in total. The van der Waals surface area contributed by atoms with Crippen LogP contribution in [0.5, 0.6) is 0 Å². The minimum absolute atomic E-state index is 0.0611. The van der Waals surface area contributed by atoms with Crippen molar-refractivity contribution >= 4 is 17.2 Å². The van der Waals surface area contributed by atoms with Crippen LogP contribution >= 0.6 is 11.3 Å². The minimum Gasteiger partial charge on any atom is -0.370 e. The van der Waals surface area contributed by atoms with Gasteiger partial charge in [0.15, 0.2) is 0 Å². The summed E-state index contributed by atoms with van der Waals surface area (Å²) in [7, 11) is 0. The molecule has 1 atom stereocenters. The SMILES string of the molecule is CC(C)c1nc(CC(=O)N2CCO[C@@H](c3ccc(F)cc3)C2)cs1. The Kier molecular flexibility index (Phi) is 5.26. The first-order valence-electron chi connectivity index (χ1n) is 8.12. The van der Waals surface area contributed by atoms with E-state index in [0.29, 0.717) is 32.0 Å². The van der Waals surface area contributed by atoms with E-state index in [1.165, 1.54) is 12.1 Å². The molecule has 1 aliphatic rings. The molecule has 1 aliphatic heterocycles. The minimum atomic E-state index is -0.271. The molecule has 0 N–H and O–H groups in total. The lowest BCUT2D eigenvalue weighted by atomic mass is 10.1. The average molecular weight is 348 g/mol. The molecule has 0 saturated carbocycles. The molecule has 3 rings (SSSR count). The summed E-state index contributed by atoms with van der Waals surface area (Å²) < 4.78 is 18.8. The first-order chi connectivity index (χ1) is 11.5. The van der Waals surface area contributed by atoms with Crippen LogP contribution in [-0.4, -0.2) is 35.5 Å². The van der Waals surface area contributed by atoms with Gasteiger partial charge in [-0.25, -0.2) is 9.37 Å².